The summed E-state index contributed by atoms with van der Waals surface area (Å²) in [5, 5.41) is 14.0. The maximum absolute atomic E-state index is 11.3. The molecule has 1 aliphatic heterocycles. The second-order valence-corrected chi connectivity index (χ2v) is 6.98. The second-order valence-electron chi connectivity index (χ2n) is 6.98. The standard InChI is InChI=1S/C12H16N4O4.C5H11NO2/c1-13-12-11(16(18)19)9(7-10(14-12)20-8-17)15-5-3-2-4-6-15;1-5(2,3)8-4(6)7/h7-8H,2-6H2,1H3,(H,13,14);1-3H3,(H2,6,7). The summed E-state index contributed by atoms with van der Waals surface area (Å²) in [6, 6.07) is 1.44. The molecule has 11 heteroatoms. The number of anilines is 2. The van der Waals surface area contributed by atoms with Crippen LogP contribution in [0.4, 0.5) is 22.0 Å². The van der Waals surface area contributed by atoms with E-state index in [1.807, 2.05) is 4.90 Å². The van der Waals surface area contributed by atoms with Gasteiger partial charge < -0.3 is 25.4 Å². The molecular weight excluding hydrogens is 370 g/mol. The van der Waals surface area contributed by atoms with Crippen LogP contribution in [0.2, 0.25) is 0 Å². The number of piperidine rings is 1. The normalized spacial score (nSPS) is 13.6. The van der Waals surface area contributed by atoms with Gasteiger partial charge in [0.25, 0.3) is 6.47 Å². The highest BCUT2D eigenvalue weighted by Gasteiger charge is 2.27. The van der Waals surface area contributed by atoms with Crippen molar-refractivity contribution in [2.24, 2.45) is 5.73 Å². The van der Waals surface area contributed by atoms with Gasteiger partial charge in [0.1, 0.15) is 11.3 Å². The molecule has 1 amide bonds. The predicted octanol–water partition coefficient (Wildman–Crippen LogP) is 2.44. The molecule has 0 bridgehead atoms. The lowest BCUT2D eigenvalue weighted by Crippen LogP contribution is -2.30. The molecule has 0 unspecified atom stereocenters. The Morgan fingerprint density at radius 2 is 1.96 bits per heavy atom. The van der Waals surface area contributed by atoms with E-state index in [4.69, 9.17) is 10.5 Å². The number of hydrogen-bond donors (Lipinski definition) is 2. The first kappa shape index (κ1) is 22.9. The van der Waals surface area contributed by atoms with E-state index in [9.17, 15) is 19.7 Å². The van der Waals surface area contributed by atoms with E-state index in [-0.39, 0.29) is 23.9 Å². The number of carbonyl (C=O) groups is 2. The Bertz CT molecular complexity index is 698. The Morgan fingerprint density at radius 3 is 2.36 bits per heavy atom. The number of nitrogens with zero attached hydrogens (tertiary/aromatic N) is 3. The molecule has 28 heavy (non-hydrogen) atoms. The average molecular weight is 397 g/mol. The molecule has 1 aliphatic rings. The molecule has 2 rings (SSSR count). The third-order valence-electron chi connectivity index (χ3n) is 3.64. The van der Waals surface area contributed by atoms with Crippen molar-refractivity contribution in [1.82, 2.24) is 4.98 Å². The van der Waals surface area contributed by atoms with Crippen molar-refractivity contribution < 1.29 is 24.0 Å². The van der Waals surface area contributed by atoms with E-state index in [2.05, 4.69) is 15.0 Å². The van der Waals surface area contributed by atoms with Crippen LogP contribution in [0.1, 0.15) is 40.0 Å². The Hall–Kier alpha value is -3.11. The first-order chi connectivity index (χ1) is 13.1. The number of rotatable bonds is 5. The number of ether oxygens (including phenoxy) is 2. The van der Waals surface area contributed by atoms with E-state index >= 15 is 0 Å². The van der Waals surface area contributed by atoms with Crippen LogP contribution in [0.3, 0.4) is 0 Å². The number of amides is 1. The SMILES string of the molecule is CC(C)(C)OC(N)=O.CNc1nc(OC=O)cc(N2CCCCC2)c1[N+](=O)[O-]. The van der Waals surface area contributed by atoms with Crippen molar-refractivity contribution in [3.8, 4) is 5.88 Å². The molecule has 2 heterocycles. The van der Waals surface area contributed by atoms with Crippen LogP contribution in [0.25, 0.3) is 0 Å². The summed E-state index contributed by atoms with van der Waals surface area (Å²) in [4.78, 5) is 37.2. The first-order valence-corrected chi connectivity index (χ1v) is 8.80. The van der Waals surface area contributed by atoms with E-state index in [1.54, 1.807) is 27.8 Å². The summed E-state index contributed by atoms with van der Waals surface area (Å²) in [5.74, 6) is 0.144. The molecule has 1 aromatic heterocycles. The van der Waals surface area contributed by atoms with Gasteiger partial charge in [-0.15, -0.1) is 0 Å². The van der Waals surface area contributed by atoms with Crippen LogP contribution in [-0.2, 0) is 9.53 Å². The van der Waals surface area contributed by atoms with Gasteiger partial charge >= 0.3 is 11.8 Å². The van der Waals surface area contributed by atoms with Crippen LogP contribution >= 0.6 is 0 Å². The lowest BCUT2D eigenvalue weighted by atomic mass is 10.1. The molecule has 0 atom stereocenters. The summed E-state index contributed by atoms with van der Waals surface area (Å²) in [7, 11) is 1.54. The van der Waals surface area contributed by atoms with Gasteiger partial charge in [-0.1, -0.05) is 0 Å². The molecular formula is C17H27N5O6. The Balaban J connectivity index is 0.000000416. The van der Waals surface area contributed by atoms with Gasteiger partial charge in [-0.2, -0.15) is 4.98 Å². The van der Waals surface area contributed by atoms with Crippen LogP contribution in [-0.4, -0.2) is 48.2 Å². The number of pyridine rings is 1. The maximum atomic E-state index is 11.3. The highest BCUT2D eigenvalue weighted by molar-refractivity contribution is 5.76. The fourth-order valence-electron chi connectivity index (χ4n) is 2.64. The minimum Gasteiger partial charge on any atom is -0.444 e. The summed E-state index contributed by atoms with van der Waals surface area (Å²) in [6.45, 7) is 7.03. The number of hydrogen-bond acceptors (Lipinski definition) is 9. The van der Waals surface area contributed by atoms with Gasteiger partial charge in [0.2, 0.25) is 11.7 Å². The molecule has 0 aromatic carbocycles. The molecule has 0 spiro atoms. The predicted molar refractivity (Wildman–Crippen MR) is 104 cm³/mol. The minimum absolute atomic E-state index is 0.0514. The van der Waals surface area contributed by atoms with Gasteiger partial charge in [0.15, 0.2) is 0 Å². The zero-order valence-corrected chi connectivity index (χ0v) is 16.6. The largest absolute Gasteiger partial charge is 0.444 e. The quantitative estimate of drug-likeness (QED) is 0.433. The molecule has 1 saturated heterocycles. The van der Waals surface area contributed by atoms with Crippen molar-refractivity contribution in [2.45, 2.75) is 45.6 Å². The lowest BCUT2D eigenvalue weighted by Gasteiger charge is -2.28. The van der Waals surface area contributed by atoms with Crippen LogP contribution in [0.15, 0.2) is 6.07 Å². The number of carbonyl (C=O) groups excluding carboxylic acids is 2. The number of primary amides is 1. The molecule has 0 saturated carbocycles. The Kier molecular flexibility index (Phi) is 8.42. The molecule has 1 fully saturated rings. The number of nitrogens with one attached hydrogen (secondary N) is 1. The number of aromatic nitrogens is 1. The summed E-state index contributed by atoms with van der Waals surface area (Å²) < 4.78 is 9.31. The van der Waals surface area contributed by atoms with E-state index in [0.29, 0.717) is 5.69 Å². The zero-order valence-electron chi connectivity index (χ0n) is 16.6. The third-order valence-corrected chi connectivity index (χ3v) is 3.64. The van der Waals surface area contributed by atoms with Crippen LogP contribution in [0.5, 0.6) is 5.88 Å². The minimum atomic E-state index is -0.725. The first-order valence-electron chi connectivity index (χ1n) is 8.80. The maximum Gasteiger partial charge on any atom is 0.405 e. The van der Waals surface area contributed by atoms with Gasteiger partial charge in [-0.25, -0.2) is 4.79 Å². The fraction of sp³-hybridized carbons (Fsp3) is 0.588. The molecule has 1 aromatic rings. The molecule has 0 radical (unpaired) electrons. The molecule has 156 valence electrons. The van der Waals surface area contributed by atoms with Crippen molar-refractivity contribution in [1.29, 1.82) is 0 Å². The number of nitrogens with two attached hydrogens (primary N) is 1. The van der Waals surface area contributed by atoms with E-state index in [1.165, 1.54) is 6.07 Å². The topological polar surface area (TPSA) is 150 Å². The van der Waals surface area contributed by atoms with Crippen molar-refractivity contribution in [2.75, 3.05) is 30.4 Å². The van der Waals surface area contributed by atoms with Gasteiger partial charge in [-0.05, 0) is 40.0 Å². The van der Waals surface area contributed by atoms with E-state index < -0.39 is 16.6 Å². The highest BCUT2D eigenvalue weighted by Crippen LogP contribution is 2.38. The monoisotopic (exact) mass is 397 g/mol. The zero-order chi connectivity index (χ0) is 21.3. The van der Waals surface area contributed by atoms with Gasteiger partial charge in [0, 0.05) is 26.2 Å². The Labute approximate surface area is 163 Å². The van der Waals surface area contributed by atoms with Gasteiger partial charge in [0.05, 0.1) is 4.92 Å². The molecule has 0 aliphatic carbocycles. The molecule has 3 N–H and O–H groups in total. The fourth-order valence-corrected chi connectivity index (χ4v) is 2.64. The second kappa shape index (κ2) is 10.3. The summed E-state index contributed by atoms with van der Waals surface area (Å²) >= 11 is 0. The lowest BCUT2D eigenvalue weighted by molar-refractivity contribution is -0.383. The van der Waals surface area contributed by atoms with Crippen molar-refractivity contribution in [3.05, 3.63) is 16.2 Å². The van der Waals surface area contributed by atoms with E-state index in [0.717, 1.165) is 32.4 Å². The van der Waals surface area contributed by atoms with Crippen molar-refractivity contribution in [3.63, 3.8) is 0 Å². The van der Waals surface area contributed by atoms with Crippen molar-refractivity contribution >= 4 is 29.8 Å². The Morgan fingerprint density at radius 1 is 1.36 bits per heavy atom. The summed E-state index contributed by atoms with van der Waals surface area (Å²) in [5.41, 5.74) is 4.61. The molecule has 11 nitrogen and oxygen atoms in total. The summed E-state index contributed by atoms with van der Waals surface area (Å²) in [6.07, 6.45) is 2.36. The van der Waals surface area contributed by atoms with Crippen LogP contribution < -0.4 is 20.7 Å². The highest BCUT2D eigenvalue weighted by atomic mass is 16.6. The van der Waals surface area contributed by atoms with Gasteiger partial charge in [-0.3, -0.25) is 14.9 Å². The smallest absolute Gasteiger partial charge is 0.405 e. The van der Waals surface area contributed by atoms with Crippen LogP contribution in [0, 0.1) is 10.1 Å². The third kappa shape index (κ3) is 7.25. The average Bonchev–Trinajstić information content (AvgIpc) is 2.60. The number of nitro groups is 1.